The number of hydrogen-bond donors (Lipinski definition) is 3. The Morgan fingerprint density at radius 1 is 1.53 bits per heavy atom. The fourth-order valence-electron chi connectivity index (χ4n) is 1.58. The van der Waals surface area contributed by atoms with E-state index < -0.39 is 5.97 Å². The molecule has 0 bridgehead atoms. The smallest absolute Gasteiger partial charge is 0.305 e. The maximum atomic E-state index is 10.4. The summed E-state index contributed by atoms with van der Waals surface area (Å²) in [7, 11) is 1.88. The molecular formula is C12H15N5O2. The van der Waals surface area contributed by atoms with E-state index in [2.05, 4.69) is 20.3 Å². The minimum atomic E-state index is -0.842. The van der Waals surface area contributed by atoms with Crippen LogP contribution in [0.3, 0.4) is 0 Å². The molecule has 2 rings (SSSR count). The Labute approximate surface area is 110 Å². The van der Waals surface area contributed by atoms with Crippen molar-refractivity contribution in [2.75, 3.05) is 23.8 Å². The maximum Gasteiger partial charge on any atom is 0.305 e. The molecule has 2 aromatic heterocycles. The highest BCUT2D eigenvalue weighted by Gasteiger charge is 2.07. The first-order chi connectivity index (χ1) is 9.16. The highest BCUT2D eigenvalue weighted by atomic mass is 16.4. The van der Waals surface area contributed by atoms with Gasteiger partial charge in [-0.1, -0.05) is 0 Å². The number of carbonyl (C=O) groups is 1. The number of aromatic amines is 1. The summed E-state index contributed by atoms with van der Waals surface area (Å²) in [6, 6.07) is 5.60. The van der Waals surface area contributed by atoms with Crippen LogP contribution in [0, 0.1) is 0 Å². The first-order valence-electron chi connectivity index (χ1n) is 5.81. The van der Waals surface area contributed by atoms with Gasteiger partial charge in [-0.15, -0.1) is 0 Å². The molecule has 0 fully saturated rings. The molecule has 0 aliphatic carbocycles. The van der Waals surface area contributed by atoms with Gasteiger partial charge in [0.15, 0.2) is 0 Å². The topological polar surface area (TPSA) is 94.1 Å². The molecule has 19 heavy (non-hydrogen) atoms. The van der Waals surface area contributed by atoms with E-state index in [1.807, 2.05) is 30.3 Å². The van der Waals surface area contributed by atoms with Crippen LogP contribution in [0.2, 0.25) is 0 Å². The SMILES string of the molecule is CN(c1cc(NCCC(=O)O)ncn1)c1ccc[nH]1. The van der Waals surface area contributed by atoms with E-state index in [4.69, 9.17) is 5.11 Å². The first kappa shape index (κ1) is 12.9. The van der Waals surface area contributed by atoms with Crippen LogP contribution in [-0.2, 0) is 4.79 Å². The van der Waals surface area contributed by atoms with Gasteiger partial charge >= 0.3 is 5.97 Å². The standard InChI is InChI=1S/C12H15N5O2/c1-17(10-3-2-5-14-10)11-7-9(15-8-16-11)13-6-4-12(18)19/h2-3,5,7-8,14H,4,6H2,1H3,(H,18,19)(H,13,15,16). The monoisotopic (exact) mass is 261 g/mol. The molecule has 0 aromatic carbocycles. The van der Waals surface area contributed by atoms with Gasteiger partial charge in [-0.05, 0) is 12.1 Å². The van der Waals surface area contributed by atoms with Crippen LogP contribution in [0.4, 0.5) is 17.5 Å². The summed E-state index contributed by atoms with van der Waals surface area (Å²) in [5.74, 6) is 1.39. The average molecular weight is 261 g/mol. The lowest BCUT2D eigenvalue weighted by Gasteiger charge is -2.16. The Morgan fingerprint density at radius 3 is 3.05 bits per heavy atom. The van der Waals surface area contributed by atoms with Gasteiger partial charge in [0.05, 0.1) is 6.42 Å². The summed E-state index contributed by atoms with van der Waals surface area (Å²) in [5, 5.41) is 11.5. The van der Waals surface area contributed by atoms with Gasteiger partial charge in [0, 0.05) is 25.9 Å². The quantitative estimate of drug-likeness (QED) is 0.728. The Bertz CT molecular complexity index is 541. The lowest BCUT2D eigenvalue weighted by atomic mass is 10.4. The van der Waals surface area contributed by atoms with Crippen molar-refractivity contribution in [2.45, 2.75) is 6.42 Å². The van der Waals surface area contributed by atoms with Crippen molar-refractivity contribution in [3.63, 3.8) is 0 Å². The summed E-state index contributed by atoms with van der Waals surface area (Å²) >= 11 is 0. The zero-order valence-electron chi connectivity index (χ0n) is 10.5. The molecule has 0 radical (unpaired) electrons. The van der Waals surface area contributed by atoms with Crippen molar-refractivity contribution in [3.05, 3.63) is 30.7 Å². The van der Waals surface area contributed by atoms with Crippen LogP contribution in [0.15, 0.2) is 30.7 Å². The number of hydrogen-bond acceptors (Lipinski definition) is 5. The van der Waals surface area contributed by atoms with E-state index in [0.29, 0.717) is 12.4 Å². The Morgan fingerprint density at radius 2 is 2.37 bits per heavy atom. The molecule has 0 aliphatic rings. The predicted octanol–water partition coefficient (Wildman–Crippen LogP) is 1.46. The third-order valence-corrected chi connectivity index (χ3v) is 2.58. The normalized spacial score (nSPS) is 10.2. The van der Waals surface area contributed by atoms with E-state index in [1.165, 1.54) is 6.33 Å². The number of aromatic nitrogens is 3. The van der Waals surface area contributed by atoms with Gasteiger partial charge in [-0.2, -0.15) is 0 Å². The molecule has 100 valence electrons. The fourth-order valence-corrected chi connectivity index (χ4v) is 1.58. The highest BCUT2D eigenvalue weighted by molar-refractivity contribution is 5.67. The minimum absolute atomic E-state index is 0.0474. The molecule has 0 aliphatic heterocycles. The van der Waals surface area contributed by atoms with E-state index >= 15 is 0 Å². The zero-order chi connectivity index (χ0) is 13.7. The zero-order valence-corrected chi connectivity index (χ0v) is 10.5. The van der Waals surface area contributed by atoms with Gasteiger partial charge in [-0.25, -0.2) is 9.97 Å². The third-order valence-electron chi connectivity index (χ3n) is 2.58. The second-order valence-corrected chi connectivity index (χ2v) is 3.95. The van der Waals surface area contributed by atoms with Crippen molar-refractivity contribution in [2.24, 2.45) is 0 Å². The molecule has 7 heteroatoms. The van der Waals surface area contributed by atoms with E-state index in [1.54, 1.807) is 6.07 Å². The third kappa shape index (κ3) is 3.44. The number of aliphatic carboxylic acids is 1. The largest absolute Gasteiger partial charge is 0.481 e. The highest BCUT2D eigenvalue weighted by Crippen LogP contribution is 2.20. The van der Waals surface area contributed by atoms with Gasteiger partial charge < -0.3 is 20.3 Å². The molecule has 2 aromatic rings. The molecule has 0 saturated carbocycles. The number of rotatable bonds is 6. The lowest BCUT2D eigenvalue weighted by Crippen LogP contribution is -2.13. The van der Waals surface area contributed by atoms with Crippen molar-refractivity contribution >= 4 is 23.4 Å². The van der Waals surface area contributed by atoms with Crippen LogP contribution in [-0.4, -0.2) is 39.6 Å². The molecule has 7 nitrogen and oxygen atoms in total. The number of anilines is 3. The molecule has 0 amide bonds. The fraction of sp³-hybridized carbons (Fsp3) is 0.250. The molecule has 3 N–H and O–H groups in total. The lowest BCUT2D eigenvalue weighted by molar-refractivity contribution is -0.136. The maximum absolute atomic E-state index is 10.4. The number of nitrogens with zero attached hydrogens (tertiary/aromatic N) is 3. The first-order valence-corrected chi connectivity index (χ1v) is 5.81. The Balaban J connectivity index is 2.04. The van der Waals surface area contributed by atoms with Crippen molar-refractivity contribution < 1.29 is 9.90 Å². The second kappa shape index (κ2) is 5.85. The summed E-state index contributed by atoms with van der Waals surface area (Å²) in [6.45, 7) is 0.331. The molecule has 0 atom stereocenters. The Kier molecular flexibility index (Phi) is 3.97. The molecule has 2 heterocycles. The molecule has 0 spiro atoms. The Hall–Kier alpha value is -2.57. The van der Waals surface area contributed by atoms with Crippen molar-refractivity contribution in [1.82, 2.24) is 15.0 Å². The summed E-state index contributed by atoms with van der Waals surface area (Å²) < 4.78 is 0. The van der Waals surface area contributed by atoms with Gasteiger partial charge in [0.2, 0.25) is 0 Å². The van der Waals surface area contributed by atoms with Crippen LogP contribution in [0.5, 0.6) is 0 Å². The van der Waals surface area contributed by atoms with Crippen molar-refractivity contribution in [1.29, 1.82) is 0 Å². The average Bonchev–Trinajstić information content (AvgIpc) is 2.91. The van der Waals surface area contributed by atoms with Gasteiger partial charge in [0.25, 0.3) is 0 Å². The predicted molar refractivity (Wildman–Crippen MR) is 71.6 cm³/mol. The van der Waals surface area contributed by atoms with E-state index in [9.17, 15) is 4.79 Å². The molecule has 0 saturated heterocycles. The van der Waals surface area contributed by atoms with Gasteiger partial charge in [0.1, 0.15) is 23.8 Å². The van der Waals surface area contributed by atoms with Crippen molar-refractivity contribution in [3.8, 4) is 0 Å². The molecule has 0 unspecified atom stereocenters. The van der Waals surface area contributed by atoms with E-state index in [0.717, 1.165) is 11.6 Å². The number of carboxylic acids is 1. The summed E-state index contributed by atoms with van der Waals surface area (Å²) in [6.07, 6.45) is 3.32. The second-order valence-electron chi connectivity index (χ2n) is 3.95. The van der Waals surface area contributed by atoms with Crippen LogP contribution < -0.4 is 10.2 Å². The van der Waals surface area contributed by atoms with Gasteiger partial charge in [-0.3, -0.25) is 4.79 Å². The molecular weight excluding hydrogens is 246 g/mol. The number of H-pyrrole nitrogens is 1. The van der Waals surface area contributed by atoms with Crippen LogP contribution in [0.1, 0.15) is 6.42 Å². The minimum Gasteiger partial charge on any atom is -0.481 e. The van der Waals surface area contributed by atoms with Crippen LogP contribution >= 0.6 is 0 Å². The number of nitrogens with one attached hydrogen (secondary N) is 2. The summed E-state index contributed by atoms with van der Waals surface area (Å²) in [4.78, 5) is 23.6. The van der Waals surface area contributed by atoms with E-state index in [-0.39, 0.29) is 6.42 Å². The summed E-state index contributed by atoms with van der Waals surface area (Å²) in [5.41, 5.74) is 0. The number of carboxylic acid groups (broad SMARTS) is 1. The van der Waals surface area contributed by atoms with Crippen LogP contribution in [0.25, 0.3) is 0 Å².